The fourth-order valence-corrected chi connectivity index (χ4v) is 7.33. The van der Waals surface area contributed by atoms with Crippen molar-refractivity contribution in [3.05, 3.63) is 99.6 Å². The van der Waals surface area contributed by atoms with Gasteiger partial charge in [-0.1, -0.05) is 72.0 Å². The molecule has 1 saturated heterocycles. The molecule has 3 aromatic carbocycles. The molecule has 1 fully saturated rings. The second kappa shape index (κ2) is 12.4. The van der Waals surface area contributed by atoms with Crippen LogP contribution < -0.4 is 14.4 Å². The van der Waals surface area contributed by atoms with Gasteiger partial charge in [-0.25, -0.2) is 0 Å². The van der Waals surface area contributed by atoms with Crippen molar-refractivity contribution in [3.63, 3.8) is 0 Å². The molecular formula is C32H28ClN3O5S2. The van der Waals surface area contributed by atoms with E-state index in [1.165, 1.54) is 28.0 Å². The minimum atomic E-state index is -0.942. The molecule has 0 aliphatic carbocycles. The molecule has 220 valence electrons. The summed E-state index contributed by atoms with van der Waals surface area (Å²) < 4.78 is 12.3. The van der Waals surface area contributed by atoms with E-state index in [1.807, 2.05) is 56.3 Å². The lowest BCUT2D eigenvalue weighted by Gasteiger charge is -2.23. The van der Waals surface area contributed by atoms with Gasteiger partial charge in [-0.15, -0.1) is 10.2 Å². The number of aliphatic hydroxyl groups excluding tert-OH is 1. The first-order valence-corrected chi connectivity index (χ1v) is 16.1. The largest absolute Gasteiger partial charge is 0.507 e. The molecule has 1 N–H and O–H groups in total. The monoisotopic (exact) mass is 633 g/mol. The van der Waals surface area contributed by atoms with E-state index in [1.54, 1.807) is 24.3 Å². The van der Waals surface area contributed by atoms with E-state index in [9.17, 15) is 14.7 Å². The van der Waals surface area contributed by atoms with Crippen LogP contribution in [0.5, 0.6) is 11.5 Å². The summed E-state index contributed by atoms with van der Waals surface area (Å²) in [6, 6.07) is 19.1. The molecule has 8 nitrogen and oxygen atoms in total. The maximum absolute atomic E-state index is 13.7. The predicted molar refractivity (Wildman–Crippen MR) is 168 cm³/mol. The molecule has 0 saturated carbocycles. The van der Waals surface area contributed by atoms with Crippen molar-refractivity contribution in [3.8, 4) is 11.5 Å². The fourth-order valence-electron chi connectivity index (χ4n) is 5.18. The molecular weight excluding hydrogens is 606 g/mol. The van der Waals surface area contributed by atoms with E-state index in [2.05, 4.69) is 10.2 Å². The molecule has 4 aromatic rings. The van der Waals surface area contributed by atoms with E-state index in [0.29, 0.717) is 45.0 Å². The molecule has 11 heteroatoms. The Bertz CT molecular complexity index is 1740. The number of hydrogen-bond acceptors (Lipinski definition) is 9. The highest BCUT2D eigenvalue weighted by Gasteiger charge is 2.48. The molecule has 2 atom stereocenters. The predicted octanol–water partition coefficient (Wildman–Crippen LogP) is 7.22. The molecule has 0 bridgehead atoms. The minimum absolute atomic E-state index is 0.0196. The third-order valence-corrected chi connectivity index (χ3v) is 9.64. The maximum atomic E-state index is 13.7. The lowest BCUT2D eigenvalue weighted by molar-refractivity contribution is -0.132. The SMILES string of the molecule is CCCOc1cccc([C@@H]2C(=C(O)c3ccc4c(c3)C[C@H](C)O4)C(=O)C(=O)N2c2nnc(SCc3ccccc3Cl)s2)c1. The number of aromatic nitrogens is 2. The molecule has 2 aliphatic heterocycles. The van der Waals surface area contributed by atoms with Gasteiger partial charge in [-0.2, -0.15) is 0 Å². The number of Topliss-reactive ketones (excluding diaryl/α,β-unsaturated/α-hetero) is 1. The number of amides is 1. The van der Waals surface area contributed by atoms with E-state index in [-0.39, 0.29) is 22.6 Å². The summed E-state index contributed by atoms with van der Waals surface area (Å²) >= 11 is 8.96. The van der Waals surface area contributed by atoms with Crippen molar-refractivity contribution < 1.29 is 24.2 Å². The highest BCUT2D eigenvalue weighted by atomic mass is 35.5. The third-order valence-electron chi connectivity index (χ3n) is 7.17. The number of rotatable bonds is 9. The number of carbonyl (C=O) groups excluding carboxylic acids is 2. The highest BCUT2D eigenvalue weighted by Crippen LogP contribution is 2.45. The van der Waals surface area contributed by atoms with Crippen molar-refractivity contribution in [1.82, 2.24) is 10.2 Å². The molecule has 43 heavy (non-hydrogen) atoms. The van der Waals surface area contributed by atoms with Crippen LogP contribution in [0.1, 0.15) is 48.6 Å². The first kappa shape index (κ1) is 29.2. The zero-order valence-corrected chi connectivity index (χ0v) is 25.8. The molecule has 0 spiro atoms. The van der Waals surface area contributed by atoms with Gasteiger partial charge in [0.2, 0.25) is 5.13 Å². The number of hydrogen-bond donors (Lipinski definition) is 1. The van der Waals surface area contributed by atoms with Gasteiger partial charge in [0.1, 0.15) is 23.4 Å². The van der Waals surface area contributed by atoms with Crippen LogP contribution in [0.3, 0.4) is 0 Å². The number of aliphatic hydroxyl groups is 1. The molecule has 2 aliphatic rings. The first-order valence-electron chi connectivity index (χ1n) is 13.9. The Morgan fingerprint density at radius 1 is 1.14 bits per heavy atom. The van der Waals surface area contributed by atoms with Gasteiger partial charge in [0, 0.05) is 22.8 Å². The van der Waals surface area contributed by atoms with Gasteiger partial charge in [0.25, 0.3) is 5.78 Å². The van der Waals surface area contributed by atoms with Crippen LogP contribution in [-0.2, 0) is 21.8 Å². The average molecular weight is 634 g/mol. The Hall–Kier alpha value is -3.86. The number of nitrogens with zero attached hydrogens (tertiary/aromatic N) is 3. The van der Waals surface area contributed by atoms with Gasteiger partial charge < -0.3 is 14.6 Å². The van der Waals surface area contributed by atoms with Gasteiger partial charge in [-0.3, -0.25) is 14.5 Å². The van der Waals surface area contributed by atoms with Crippen LogP contribution in [0.4, 0.5) is 5.13 Å². The minimum Gasteiger partial charge on any atom is -0.507 e. The second-order valence-electron chi connectivity index (χ2n) is 10.3. The Balaban J connectivity index is 1.40. The summed E-state index contributed by atoms with van der Waals surface area (Å²) in [4.78, 5) is 28.6. The van der Waals surface area contributed by atoms with Crippen LogP contribution in [0.25, 0.3) is 5.76 Å². The Kier molecular flexibility index (Phi) is 8.43. The fraction of sp³-hybridized carbons (Fsp3) is 0.250. The highest BCUT2D eigenvalue weighted by molar-refractivity contribution is 8.00. The molecule has 0 radical (unpaired) electrons. The smallest absolute Gasteiger partial charge is 0.301 e. The van der Waals surface area contributed by atoms with Crippen molar-refractivity contribution in [2.75, 3.05) is 11.5 Å². The zero-order chi connectivity index (χ0) is 30.1. The molecule has 0 unspecified atom stereocenters. The van der Waals surface area contributed by atoms with Crippen molar-refractivity contribution in [2.45, 2.75) is 48.9 Å². The number of ketones is 1. The molecule has 1 amide bonds. The standard InChI is InChI=1S/C32H28ClN3O5S2/c1-3-13-40-23-9-6-8-19(16-23)27-26(28(37)20-11-12-25-22(15-20)14-18(2)41-25)29(38)30(39)36(27)31-34-35-32(43-31)42-17-21-7-4-5-10-24(21)33/h4-12,15-16,18,27,37H,3,13-14,17H2,1-2H3/t18-,27+/m0/s1. The summed E-state index contributed by atoms with van der Waals surface area (Å²) in [5, 5.41) is 21.1. The van der Waals surface area contributed by atoms with Gasteiger partial charge >= 0.3 is 5.91 Å². The van der Waals surface area contributed by atoms with E-state index in [4.69, 9.17) is 21.1 Å². The molecule has 3 heterocycles. The number of halogens is 1. The zero-order valence-electron chi connectivity index (χ0n) is 23.5. The first-order chi connectivity index (χ1) is 20.8. The van der Waals surface area contributed by atoms with Crippen LogP contribution in [0.15, 0.2) is 76.6 Å². The van der Waals surface area contributed by atoms with Crippen LogP contribution in [0.2, 0.25) is 5.02 Å². The van der Waals surface area contributed by atoms with Crippen molar-refractivity contribution >= 4 is 57.3 Å². The summed E-state index contributed by atoms with van der Waals surface area (Å²) in [6.07, 6.45) is 1.53. The van der Waals surface area contributed by atoms with E-state index < -0.39 is 17.7 Å². The van der Waals surface area contributed by atoms with Crippen LogP contribution >= 0.6 is 34.7 Å². The van der Waals surface area contributed by atoms with E-state index >= 15 is 0 Å². The number of carbonyl (C=O) groups is 2. The number of ether oxygens (including phenoxy) is 2. The lowest BCUT2D eigenvalue weighted by Crippen LogP contribution is -2.29. The molecule has 1 aromatic heterocycles. The summed E-state index contributed by atoms with van der Waals surface area (Å²) in [6.45, 7) is 4.50. The van der Waals surface area contributed by atoms with Crippen LogP contribution in [-0.4, -0.2) is 39.7 Å². The van der Waals surface area contributed by atoms with Gasteiger partial charge in [0.15, 0.2) is 4.34 Å². The summed E-state index contributed by atoms with van der Waals surface area (Å²) in [5.41, 5.74) is 2.90. The van der Waals surface area contributed by atoms with E-state index in [0.717, 1.165) is 23.3 Å². The topological polar surface area (TPSA) is 102 Å². The number of benzene rings is 3. The quantitative estimate of drug-likeness (QED) is 0.0678. The van der Waals surface area contributed by atoms with Crippen molar-refractivity contribution in [2.24, 2.45) is 0 Å². The summed E-state index contributed by atoms with van der Waals surface area (Å²) in [7, 11) is 0. The lowest BCUT2D eigenvalue weighted by atomic mass is 9.94. The molecule has 6 rings (SSSR count). The Morgan fingerprint density at radius 3 is 2.79 bits per heavy atom. The Morgan fingerprint density at radius 2 is 1.98 bits per heavy atom. The van der Waals surface area contributed by atoms with Crippen LogP contribution in [0, 0.1) is 0 Å². The normalized spacial score (nSPS) is 19.0. The Labute approximate surface area is 262 Å². The van der Waals surface area contributed by atoms with Gasteiger partial charge in [-0.05, 0) is 66.4 Å². The number of fused-ring (bicyclic) bond motifs is 1. The van der Waals surface area contributed by atoms with Gasteiger partial charge in [0.05, 0.1) is 18.2 Å². The average Bonchev–Trinajstić information content (AvgIpc) is 3.70. The number of anilines is 1. The second-order valence-corrected chi connectivity index (χ2v) is 12.9. The third kappa shape index (κ3) is 5.87. The summed E-state index contributed by atoms with van der Waals surface area (Å²) in [5.74, 6) is 0.0650. The number of thioether (sulfide) groups is 1. The maximum Gasteiger partial charge on any atom is 0.301 e. The van der Waals surface area contributed by atoms with Crippen molar-refractivity contribution in [1.29, 1.82) is 0 Å².